The molecule has 16 heavy (non-hydrogen) atoms. The summed E-state index contributed by atoms with van der Waals surface area (Å²) in [6.45, 7) is 6.06. The Hall–Kier alpha value is -1.41. The molecular formula is C14H14OS. The molecule has 0 aliphatic carbocycles. The van der Waals surface area contributed by atoms with E-state index in [1.54, 1.807) is 0 Å². The Morgan fingerprint density at radius 2 is 1.75 bits per heavy atom. The summed E-state index contributed by atoms with van der Waals surface area (Å²) in [6, 6.07) is 7.92. The highest BCUT2D eigenvalue weighted by molar-refractivity contribution is 7.12. The van der Waals surface area contributed by atoms with Gasteiger partial charge in [0.05, 0.1) is 4.88 Å². The van der Waals surface area contributed by atoms with Crippen LogP contribution in [0.1, 0.15) is 31.9 Å². The molecule has 0 atom stereocenters. The van der Waals surface area contributed by atoms with E-state index in [0.717, 1.165) is 21.6 Å². The highest BCUT2D eigenvalue weighted by Crippen LogP contribution is 2.22. The number of aryl methyl sites for hydroxylation is 3. The van der Waals surface area contributed by atoms with E-state index in [2.05, 4.69) is 19.1 Å². The van der Waals surface area contributed by atoms with E-state index in [-0.39, 0.29) is 5.78 Å². The Kier molecular flexibility index (Phi) is 2.92. The molecule has 0 bridgehead atoms. The van der Waals surface area contributed by atoms with Crippen molar-refractivity contribution in [2.75, 3.05) is 0 Å². The van der Waals surface area contributed by atoms with Crippen LogP contribution in [0.4, 0.5) is 0 Å². The van der Waals surface area contributed by atoms with Crippen molar-refractivity contribution >= 4 is 17.1 Å². The number of carbonyl (C=O) groups excluding carboxylic acids is 1. The molecule has 1 heterocycles. The molecule has 1 nitrogen and oxygen atoms in total. The van der Waals surface area contributed by atoms with Crippen LogP contribution >= 0.6 is 11.3 Å². The zero-order valence-corrected chi connectivity index (χ0v) is 10.5. The predicted molar refractivity (Wildman–Crippen MR) is 68.4 cm³/mol. The minimum absolute atomic E-state index is 0.144. The monoisotopic (exact) mass is 230 g/mol. The summed E-state index contributed by atoms with van der Waals surface area (Å²) >= 11 is 1.50. The average Bonchev–Trinajstić information content (AvgIpc) is 2.67. The van der Waals surface area contributed by atoms with Crippen LogP contribution < -0.4 is 0 Å². The van der Waals surface area contributed by atoms with E-state index in [0.29, 0.717) is 0 Å². The van der Waals surface area contributed by atoms with Gasteiger partial charge in [0.15, 0.2) is 0 Å². The summed E-state index contributed by atoms with van der Waals surface area (Å²) in [4.78, 5) is 13.1. The number of ketones is 1. The van der Waals surface area contributed by atoms with Crippen LogP contribution in [0, 0.1) is 20.8 Å². The van der Waals surface area contributed by atoms with Crippen molar-refractivity contribution in [2.24, 2.45) is 0 Å². The second kappa shape index (κ2) is 4.22. The minimum Gasteiger partial charge on any atom is -0.288 e. The van der Waals surface area contributed by atoms with Crippen molar-refractivity contribution in [3.63, 3.8) is 0 Å². The fourth-order valence-electron chi connectivity index (χ4n) is 2.07. The van der Waals surface area contributed by atoms with Crippen molar-refractivity contribution in [2.45, 2.75) is 20.8 Å². The van der Waals surface area contributed by atoms with Crippen LogP contribution in [0.25, 0.3) is 0 Å². The van der Waals surface area contributed by atoms with Gasteiger partial charge in [0, 0.05) is 5.56 Å². The molecule has 0 unspecified atom stereocenters. The molecule has 0 N–H and O–H groups in total. The Bertz CT molecular complexity index is 501. The van der Waals surface area contributed by atoms with Gasteiger partial charge in [0.1, 0.15) is 0 Å². The largest absolute Gasteiger partial charge is 0.288 e. The fraction of sp³-hybridized carbons (Fsp3) is 0.214. The first-order valence-electron chi connectivity index (χ1n) is 5.25. The molecule has 0 spiro atoms. The lowest BCUT2D eigenvalue weighted by molar-refractivity contribution is 0.104. The van der Waals surface area contributed by atoms with Gasteiger partial charge in [-0.2, -0.15) is 0 Å². The van der Waals surface area contributed by atoms with Crippen LogP contribution in [0.2, 0.25) is 0 Å². The standard InChI is InChI=1S/C14H14OS/c1-9-7-10(2)13(11(3)8-9)14(15)12-5-4-6-16-12/h4-8H,1-3H3. The highest BCUT2D eigenvalue weighted by atomic mass is 32.1. The molecule has 1 aromatic heterocycles. The minimum atomic E-state index is 0.144. The van der Waals surface area contributed by atoms with Gasteiger partial charge in [-0.25, -0.2) is 0 Å². The molecule has 82 valence electrons. The summed E-state index contributed by atoms with van der Waals surface area (Å²) < 4.78 is 0. The van der Waals surface area contributed by atoms with Crippen molar-refractivity contribution in [1.29, 1.82) is 0 Å². The molecule has 2 rings (SSSR count). The number of rotatable bonds is 2. The van der Waals surface area contributed by atoms with Crippen molar-refractivity contribution in [3.8, 4) is 0 Å². The normalized spacial score (nSPS) is 10.4. The number of benzene rings is 1. The van der Waals surface area contributed by atoms with Gasteiger partial charge in [0.2, 0.25) is 5.78 Å². The first-order valence-corrected chi connectivity index (χ1v) is 6.13. The van der Waals surface area contributed by atoms with Crippen LogP contribution in [-0.2, 0) is 0 Å². The van der Waals surface area contributed by atoms with Crippen molar-refractivity contribution in [1.82, 2.24) is 0 Å². The van der Waals surface area contributed by atoms with E-state index < -0.39 is 0 Å². The number of hydrogen-bond acceptors (Lipinski definition) is 2. The molecule has 0 amide bonds. The van der Waals surface area contributed by atoms with Crippen LogP contribution in [0.3, 0.4) is 0 Å². The number of thiophene rings is 1. The highest BCUT2D eigenvalue weighted by Gasteiger charge is 2.15. The maximum Gasteiger partial charge on any atom is 0.203 e. The summed E-state index contributed by atoms with van der Waals surface area (Å²) in [5, 5.41) is 1.94. The maximum absolute atomic E-state index is 12.3. The topological polar surface area (TPSA) is 17.1 Å². The molecular weight excluding hydrogens is 216 g/mol. The quantitative estimate of drug-likeness (QED) is 0.715. The summed E-state index contributed by atoms with van der Waals surface area (Å²) in [5.41, 5.74) is 4.19. The molecule has 0 aliphatic heterocycles. The van der Waals surface area contributed by atoms with Gasteiger partial charge in [-0.1, -0.05) is 23.8 Å². The number of hydrogen-bond donors (Lipinski definition) is 0. The summed E-state index contributed by atoms with van der Waals surface area (Å²) in [5.74, 6) is 0.144. The van der Waals surface area contributed by atoms with Crippen LogP contribution in [0.5, 0.6) is 0 Å². The van der Waals surface area contributed by atoms with Gasteiger partial charge >= 0.3 is 0 Å². The Labute approximate surface area is 99.8 Å². The van der Waals surface area contributed by atoms with Gasteiger partial charge < -0.3 is 0 Å². The third kappa shape index (κ3) is 1.93. The average molecular weight is 230 g/mol. The Morgan fingerprint density at radius 1 is 1.12 bits per heavy atom. The summed E-state index contributed by atoms with van der Waals surface area (Å²) in [7, 11) is 0. The zero-order chi connectivity index (χ0) is 11.7. The predicted octanol–water partition coefficient (Wildman–Crippen LogP) is 3.90. The molecule has 0 aliphatic rings. The second-order valence-corrected chi connectivity index (χ2v) is 5.03. The van der Waals surface area contributed by atoms with E-state index >= 15 is 0 Å². The lowest BCUT2D eigenvalue weighted by atomic mass is 9.96. The molecule has 1 aromatic carbocycles. The smallest absolute Gasteiger partial charge is 0.203 e. The SMILES string of the molecule is Cc1cc(C)c(C(=O)c2cccs2)c(C)c1. The van der Waals surface area contributed by atoms with Crippen LogP contribution in [0.15, 0.2) is 29.6 Å². The second-order valence-electron chi connectivity index (χ2n) is 4.08. The molecule has 0 radical (unpaired) electrons. The first-order chi connectivity index (χ1) is 7.59. The van der Waals surface area contributed by atoms with Gasteiger partial charge in [-0.3, -0.25) is 4.79 Å². The van der Waals surface area contributed by atoms with E-state index in [1.165, 1.54) is 16.9 Å². The fourth-order valence-corrected chi connectivity index (χ4v) is 2.74. The van der Waals surface area contributed by atoms with Gasteiger partial charge in [-0.15, -0.1) is 11.3 Å². The molecule has 0 fully saturated rings. The van der Waals surface area contributed by atoms with Gasteiger partial charge in [-0.05, 0) is 43.3 Å². The van der Waals surface area contributed by atoms with E-state index in [4.69, 9.17) is 0 Å². The summed E-state index contributed by atoms with van der Waals surface area (Å²) in [6.07, 6.45) is 0. The van der Waals surface area contributed by atoms with Crippen LogP contribution in [-0.4, -0.2) is 5.78 Å². The van der Waals surface area contributed by atoms with Crippen molar-refractivity contribution < 1.29 is 4.79 Å². The first kappa shape index (κ1) is 11.1. The molecule has 2 heteroatoms. The molecule has 0 saturated carbocycles. The van der Waals surface area contributed by atoms with E-state index in [1.807, 2.05) is 31.4 Å². The number of carbonyl (C=O) groups is 1. The maximum atomic E-state index is 12.3. The Balaban J connectivity index is 2.53. The van der Waals surface area contributed by atoms with Crippen molar-refractivity contribution in [3.05, 3.63) is 56.8 Å². The van der Waals surface area contributed by atoms with E-state index in [9.17, 15) is 4.79 Å². The zero-order valence-electron chi connectivity index (χ0n) is 9.70. The van der Waals surface area contributed by atoms with Gasteiger partial charge in [0.25, 0.3) is 0 Å². The Morgan fingerprint density at radius 3 is 2.25 bits per heavy atom. The lowest BCUT2D eigenvalue weighted by Gasteiger charge is -2.09. The molecule has 0 saturated heterocycles. The lowest BCUT2D eigenvalue weighted by Crippen LogP contribution is -2.04. The third-order valence-electron chi connectivity index (χ3n) is 2.65. The molecule has 2 aromatic rings. The third-order valence-corrected chi connectivity index (χ3v) is 3.52.